The molecule has 4 heteroatoms. The van der Waals surface area contributed by atoms with Crippen molar-refractivity contribution in [1.82, 2.24) is 0 Å². The van der Waals surface area contributed by atoms with Crippen LogP contribution in [-0.4, -0.2) is 11.1 Å². The van der Waals surface area contributed by atoms with Crippen LogP contribution in [0.15, 0.2) is 48.5 Å². The van der Waals surface area contributed by atoms with Crippen LogP contribution in [0.25, 0.3) is 10.1 Å². The molecule has 1 N–H and O–H groups in total. The maximum Gasteiger partial charge on any atom is 0.335 e. The molecule has 3 nitrogen and oxygen atoms in total. The number of carbonyl (C=O) groups is 1. The monoisotopic (exact) mass is 298 g/mol. The summed E-state index contributed by atoms with van der Waals surface area (Å²) in [5.74, 6) is -0.0650. The molecule has 0 amide bonds. The fourth-order valence-electron chi connectivity index (χ4n) is 2.09. The van der Waals surface area contributed by atoms with E-state index in [0.717, 1.165) is 20.7 Å². The zero-order chi connectivity index (χ0) is 14.8. The number of carboxylic acids is 1. The molecule has 0 saturated carbocycles. The molecule has 0 saturated heterocycles. The zero-order valence-electron chi connectivity index (χ0n) is 11.5. The molecule has 0 fully saturated rings. The van der Waals surface area contributed by atoms with Gasteiger partial charge in [0.05, 0.1) is 5.56 Å². The summed E-state index contributed by atoms with van der Waals surface area (Å²) in [6, 6.07) is 15.1. The van der Waals surface area contributed by atoms with E-state index in [-0.39, 0.29) is 0 Å². The number of benzene rings is 2. The van der Waals surface area contributed by atoms with Gasteiger partial charge >= 0.3 is 5.97 Å². The van der Waals surface area contributed by atoms with Crippen LogP contribution in [0.2, 0.25) is 0 Å². The Morgan fingerprint density at radius 3 is 2.62 bits per heavy atom. The number of thiophene rings is 1. The lowest BCUT2D eigenvalue weighted by Crippen LogP contribution is -1.94. The number of hydrogen-bond acceptors (Lipinski definition) is 3. The number of rotatable bonds is 4. The van der Waals surface area contributed by atoms with Gasteiger partial charge in [0.2, 0.25) is 0 Å². The lowest BCUT2D eigenvalue weighted by molar-refractivity contribution is 0.0697. The summed E-state index contributed by atoms with van der Waals surface area (Å²) in [6.07, 6.45) is 0. The standard InChI is InChI=1S/C17H14O3S/c1-11-2-5-14(6-3-11)20-10-15-9-13-8-12(17(18)19)4-7-16(13)21-15/h2-9H,10H2,1H3,(H,18,19). The van der Waals surface area contributed by atoms with Crippen LogP contribution in [0.4, 0.5) is 0 Å². The third kappa shape index (κ3) is 3.06. The molecular weight excluding hydrogens is 284 g/mol. The number of carboxylic acid groups (broad SMARTS) is 1. The van der Waals surface area contributed by atoms with E-state index in [2.05, 4.69) is 0 Å². The van der Waals surface area contributed by atoms with Crippen molar-refractivity contribution in [3.63, 3.8) is 0 Å². The van der Waals surface area contributed by atoms with Crippen LogP contribution in [0.5, 0.6) is 5.75 Å². The zero-order valence-corrected chi connectivity index (χ0v) is 12.3. The van der Waals surface area contributed by atoms with E-state index in [1.165, 1.54) is 5.56 Å². The summed E-state index contributed by atoms with van der Waals surface area (Å²) in [6.45, 7) is 2.53. The molecule has 21 heavy (non-hydrogen) atoms. The van der Waals surface area contributed by atoms with Gasteiger partial charge in [-0.3, -0.25) is 0 Å². The van der Waals surface area contributed by atoms with E-state index in [4.69, 9.17) is 9.84 Å². The molecular formula is C17H14O3S. The van der Waals surface area contributed by atoms with E-state index >= 15 is 0 Å². The first kappa shape index (κ1) is 13.6. The fraction of sp³-hybridized carbons (Fsp3) is 0.118. The maximum absolute atomic E-state index is 11.0. The summed E-state index contributed by atoms with van der Waals surface area (Å²) in [4.78, 5) is 12.0. The van der Waals surface area contributed by atoms with Crippen LogP contribution < -0.4 is 4.74 Å². The van der Waals surface area contributed by atoms with Gasteiger partial charge in [0.25, 0.3) is 0 Å². The lowest BCUT2D eigenvalue weighted by atomic mass is 10.1. The second-order valence-electron chi connectivity index (χ2n) is 4.87. The Bertz CT molecular complexity index is 787. The minimum atomic E-state index is -0.902. The molecule has 2 aromatic carbocycles. The molecule has 1 heterocycles. The van der Waals surface area contributed by atoms with Crippen molar-refractivity contribution in [2.24, 2.45) is 0 Å². The average Bonchev–Trinajstić information content (AvgIpc) is 2.88. The molecule has 0 aliphatic rings. The van der Waals surface area contributed by atoms with E-state index < -0.39 is 5.97 Å². The van der Waals surface area contributed by atoms with Gasteiger partial charge in [0.15, 0.2) is 0 Å². The number of hydrogen-bond donors (Lipinski definition) is 1. The topological polar surface area (TPSA) is 46.5 Å². The molecule has 106 valence electrons. The molecule has 0 bridgehead atoms. The van der Waals surface area contributed by atoms with Crippen molar-refractivity contribution in [3.05, 3.63) is 64.5 Å². The molecule has 3 aromatic rings. The quantitative estimate of drug-likeness (QED) is 0.772. The van der Waals surface area contributed by atoms with E-state index in [1.54, 1.807) is 23.5 Å². The SMILES string of the molecule is Cc1ccc(OCc2cc3cc(C(=O)O)ccc3s2)cc1. The molecule has 0 radical (unpaired) electrons. The van der Waals surface area contributed by atoms with Gasteiger partial charge in [-0.2, -0.15) is 0 Å². The van der Waals surface area contributed by atoms with Crippen LogP contribution in [0, 0.1) is 6.92 Å². The fourth-order valence-corrected chi connectivity index (χ4v) is 3.05. The molecule has 3 rings (SSSR count). The van der Waals surface area contributed by atoms with Crippen molar-refractivity contribution >= 4 is 27.4 Å². The lowest BCUT2D eigenvalue weighted by Gasteiger charge is -2.04. The van der Waals surface area contributed by atoms with E-state index in [1.807, 2.05) is 43.3 Å². The van der Waals surface area contributed by atoms with Crippen LogP contribution in [-0.2, 0) is 6.61 Å². The van der Waals surface area contributed by atoms with Crippen molar-refractivity contribution in [2.75, 3.05) is 0 Å². The molecule has 0 unspecified atom stereocenters. The minimum absolute atomic E-state index is 0.311. The highest BCUT2D eigenvalue weighted by molar-refractivity contribution is 7.19. The summed E-state index contributed by atoms with van der Waals surface area (Å²) >= 11 is 1.62. The molecule has 0 aliphatic heterocycles. The summed E-state index contributed by atoms with van der Waals surface area (Å²) in [5, 5.41) is 9.95. The highest BCUT2D eigenvalue weighted by Gasteiger charge is 2.07. The third-order valence-electron chi connectivity index (χ3n) is 3.22. The summed E-state index contributed by atoms with van der Waals surface area (Å²) in [7, 11) is 0. The number of aromatic carboxylic acids is 1. The average molecular weight is 298 g/mol. The summed E-state index contributed by atoms with van der Waals surface area (Å²) < 4.78 is 6.82. The highest BCUT2D eigenvalue weighted by atomic mass is 32.1. The molecule has 1 aromatic heterocycles. The highest BCUT2D eigenvalue weighted by Crippen LogP contribution is 2.27. The van der Waals surface area contributed by atoms with Crippen LogP contribution >= 0.6 is 11.3 Å². The Morgan fingerprint density at radius 1 is 1.14 bits per heavy atom. The van der Waals surface area contributed by atoms with E-state index in [0.29, 0.717) is 12.2 Å². The Labute approximate surface area is 126 Å². The third-order valence-corrected chi connectivity index (χ3v) is 4.31. The van der Waals surface area contributed by atoms with Crippen LogP contribution in [0.3, 0.4) is 0 Å². The van der Waals surface area contributed by atoms with Gasteiger partial charge < -0.3 is 9.84 Å². The first-order chi connectivity index (χ1) is 10.1. The Morgan fingerprint density at radius 2 is 1.90 bits per heavy atom. The van der Waals surface area contributed by atoms with Crippen molar-refractivity contribution in [3.8, 4) is 5.75 Å². The van der Waals surface area contributed by atoms with Crippen molar-refractivity contribution < 1.29 is 14.6 Å². The second kappa shape index (κ2) is 5.58. The number of fused-ring (bicyclic) bond motifs is 1. The second-order valence-corrected chi connectivity index (χ2v) is 6.04. The first-order valence-electron chi connectivity index (χ1n) is 6.57. The van der Waals surface area contributed by atoms with Crippen molar-refractivity contribution in [2.45, 2.75) is 13.5 Å². The Hall–Kier alpha value is -2.33. The van der Waals surface area contributed by atoms with Crippen molar-refractivity contribution in [1.29, 1.82) is 0 Å². The Kier molecular flexibility index (Phi) is 3.62. The molecule has 0 spiro atoms. The van der Waals surface area contributed by atoms with Gasteiger partial charge in [0, 0.05) is 9.58 Å². The van der Waals surface area contributed by atoms with Gasteiger partial charge in [-0.1, -0.05) is 17.7 Å². The molecule has 0 aliphatic carbocycles. The Balaban J connectivity index is 1.78. The van der Waals surface area contributed by atoms with Gasteiger partial charge in [-0.05, 0) is 48.7 Å². The van der Waals surface area contributed by atoms with Crippen LogP contribution in [0.1, 0.15) is 20.8 Å². The predicted octanol–water partition coefficient (Wildman–Crippen LogP) is 4.49. The van der Waals surface area contributed by atoms with E-state index in [9.17, 15) is 4.79 Å². The largest absolute Gasteiger partial charge is 0.488 e. The first-order valence-corrected chi connectivity index (χ1v) is 7.39. The minimum Gasteiger partial charge on any atom is -0.488 e. The normalized spacial score (nSPS) is 10.7. The smallest absolute Gasteiger partial charge is 0.335 e. The summed E-state index contributed by atoms with van der Waals surface area (Å²) in [5.41, 5.74) is 1.51. The van der Waals surface area contributed by atoms with Gasteiger partial charge in [-0.25, -0.2) is 4.79 Å². The van der Waals surface area contributed by atoms with Gasteiger partial charge in [0.1, 0.15) is 12.4 Å². The number of ether oxygens (including phenoxy) is 1. The maximum atomic E-state index is 11.0. The predicted molar refractivity (Wildman–Crippen MR) is 84.3 cm³/mol. The van der Waals surface area contributed by atoms with Gasteiger partial charge in [-0.15, -0.1) is 11.3 Å². The molecule has 0 atom stereocenters. The number of aryl methyl sites for hydroxylation is 1.